The van der Waals surface area contributed by atoms with Crippen LogP contribution in [0.1, 0.15) is 40.5 Å². The van der Waals surface area contributed by atoms with Crippen LogP contribution in [0.15, 0.2) is 0 Å². The minimum atomic E-state index is -2.01. The zero-order valence-electron chi connectivity index (χ0n) is 13.4. The van der Waals surface area contributed by atoms with Crippen molar-refractivity contribution in [2.24, 2.45) is 0 Å². The van der Waals surface area contributed by atoms with Crippen LogP contribution in [0.25, 0.3) is 0 Å². The molecule has 0 radical (unpaired) electrons. The molecule has 0 saturated carbocycles. The maximum Gasteiger partial charge on any atom is 0.302 e. The van der Waals surface area contributed by atoms with Gasteiger partial charge in [-0.05, 0) is 18.1 Å². The van der Waals surface area contributed by atoms with E-state index < -0.39 is 20.4 Å². The zero-order valence-corrected chi connectivity index (χ0v) is 14.4. The largest absolute Gasteiger partial charge is 0.460 e. The SMILES string of the molecule is CC(=O)O[C@H](CO)C[C@H](CC=O)O[Si](C)(C)C(C)(C)C. The third-order valence-corrected chi connectivity index (χ3v) is 8.22. The Labute approximate surface area is 122 Å². The van der Waals surface area contributed by atoms with Crippen LogP contribution in [0.5, 0.6) is 0 Å². The Hall–Kier alpha value is -0.723. The molecular weight excluding hydrogens is 276 g/mol. The summed E-state index contributed by atoms with van der Waals surface area (Å²) in [7, 11) is -2.01. The lowest BCUT2D eigenvalue weighted by Crippen LogP contribution is -2.45. The van der Waals surface area contributed by atoms with Crippen molar-refractivity contribution in [2.45, 2.75) is 70.9 Å². The summed E-state index contributed by atoms with van der Waals surface area (Å²) < 4.78 is 11.2. The second-order valence-electron chi connectivity index (χ2n) is 6.55. The lowest BCUT2D eigenvalue weighted by atomic mass is 10.1. The highest BCUT2D eigenvalue weighted by Gasteiger charge is 2.39. The standard InChI is InChI=1S/C14H28O5Si/c1-11(17)18-13(10-16)9-12(7-8-15)19-20(5,6)14(2,3)4/h8,12-13,16H,7,9-10H2,1-6H3/t12-,13-/m0/s1. The fourth-order valence-electron chi connectivity index (χ4n) is 1.58. The number of hydrogen-bond acceptors (Lipinski definition) is 5. The van der Waals surface area contributed by atoms with Gasteiger partial charge in [0.15, 0.2) is 8.32 Å². The molecule has 0 amide bonds. The zero-order chi connectivity index (χ0) is 16.0. The van der Waals surface area contributed by atoms with Gasteiger partial charge in [0.25, 0.3) is 0 Å². The molecule has 118 valence electrons. The van der Waals surface area contributed by atoms with Gasteiger partial charge in [0.05, 0.1) is 12.7 Å². The molecule has 0 aromatic carbocycles. The third kappa shape index (κ3) is 6.63. The Kier molecular flexibility index (Phi) is 7.62. The molecule has 0 fully saturated rings. The molecule has 0 unspecified atom stereocenters. The van der Waals surface area contributed by atoms with Gasteiger partial charge in [0.2, 0.25) is 0 Å². The van der Waals surface area contributed by atoms with Crippen LogP contribution in [-0.2, 0) is 18.8 Å². The van der Waals surface area contributed by atoms with Crippen LogP contribution in [0, 0.1) is 0 Å². The van der Waals surface area contributed by atoms with Crippen LogP contribution >= 0.6 is 0 Å². The normalized spacial score (nSPS) is 15.6. The summed E-state index contributed by atoms with van der Waals surface area (Å²) in [5.41, 5.74) is 0. The van der Waals surface area contributed by atoms with Crippen LogP contribution in [-0.4, -0.2) is 44.5 Å². The summed E-state index contributed by atoms with van der Waals surface area (Å²) in [4.78, 5) is 21.8. The van der Waals surface area contributed by atoms with Crippen molar-refractivity contribution in [2.75, 3.05) is 6.61 Å². The second kappa shape index (κ2) is 7.90. The van der Waals surface area contributed by atoms with Gasteiger partial charge in [-0.15, -0.1) is 0 Å². The first-order valence-electron chi connectivity index (χ1n) is 6.93. The van der Waals surface area contributed by atoms with Crippen molar-refractivity contribution in [3.8, 4) is 0 Å². The van der Waals surface area contributed by atoms with Gasteiger partial charge in [0, 0.05) is 19.8 Å². The maximum atomic E-state index is 11.0. The van der Waals surface area contributed by atoms with E-state index in [0.29, 0.717) is 6.42 Å². The number of carbonyl (C=O) groups excluding carboxylic acids is 2. The van der Waals surface area contributed by atoms with Gasteiger partial charge in [0.1, 0.15) is 12.4 Å². The van der Waals surface area contributed by atoms with E-state index in [1.54, 1.807) is 0 Å². The highest BCUT2D eigenvalue weighted by Crippen LogP contribution is 2.38. The van der Waals surface area contributed by atoms with E-state index in [1.807, 2.05) is 0 Å². The van der Waals surface area contributed by atoms with E-state index >= 15 is 0 Å². The summed E-state index contributed by atoms with van der Waals surface area (Å²) in [5.74, 6) is -0.443. The monoisotopic (exact) mass is 304 g/mol. The molecule has 1 N–H and O–H groups in total. The summed E-state index contributed by atoms with van der Waals surface area (Å²) in [6.45, 7) is 11.6. The Morgan fingerprint density at radius 1 is 1.30 bits per heavy atom. The highest BCUT2D eigenvalue weighted by molar-refractivity contribution is 6.74. The van der Waals surface area contributed by atoms with E-state index in [-0.39, 0.29) is 24.2 Å². The van der Waals surface area contributed by atoms with Gasteiger partial charge in [-0.2, -0.15) is 0 Å². The molecule has 0 aliphatic rings. The number of carbonyl (C=O) groups is 2. The van der Waals surface area contributed by atoms with E-state index in [9.17, 15) is 14.7 Å². The second-order valence-corrected chi connectivity index (χ2v) is 11.3. The predicted octanol–water partition coefficient (Wildman–Crippen LogP) is 2.28. The first-order chi connectivity index (χ1) is 9.03. The molecule has 0 aromatic rings. The average Bonchev–Trinajstić information content (AvgIpc) is 2.25. The van der Waals surface area contributed by atoms with Gasteiger partial charge in [-0.1, -0.05) is 20.8 Å². The van der Waals surface area contributed by atoms with Crippen LogP contribution < -0.4 is 0 Å². The smallest absolute Gasteiger partial charge is 0.302 e. The molecule has 0 saturated heterocycles. The number of ether oxygens (including phenoxy) is 1. The molecule has 5 nitrogen and oxygen atoms in total. The van der Waals surface area contributed by atoms with Crippen molar-refractivity contribution >= 4 is 20.6 Å². The van der Waals surface area contributed by atoms with Gasteiger partial charge in [-0.3, -0.25) is 4.79 Å². The van der Waals surface area contributed by atoms with Gasteiger partial charge >= 0.3 is 5.97 Å². The third-order valence-electron chi connectivity index (χ3n) is 3.69. The molecule has 0 bridgehead atoms. The molecule has 0 spiro atoms. The summed E-state index contributed by atoms with van der Waals surface area (Å²) in [6.07, 6.45) is 0.429. The van der Waals surface area contributed by atoms with Gasteiger partial charge < -0.3 is 19.1 Å². The molecule has 0 heterocycles. The van der Waals surface area contributed by atoms with Crippen LogP contribution in [0.3, 0.4) is 0 Å². The molecule has 0 aliphatic heterocycles. The summed E-state index contributed by atoms with van der Waals surface area (Å²) >= 11 is 0. The first kappa shape index (κ1) is 19.3. The lowest BCUT2D eigenvalue weighted by Gasteiger charge is -2.39. The van der Waals surface area contributed by atoms with E-state index in [4.69, 9.17) is 9.16 Å². The Morgan fingerprint density at radius 3 is 2.20 bits per heavy atom. The van der Waals surface area contributed by atoms with Crippen LogP contribution in [0.2, 0.25) is 18.1 Å². The average molecular weight is 304 g/mol. The molecule has 20 heavy (non-hydrogen) atoms. The van der Waals surface area contributed by atoms with Crippen molar-refractivity contribution in [3.05, 3.63) is 0 Å². The van der Waals surface area contributed by atoms with E-state index in [1.165, 1.54) is 6.92 Å². The number of esters is 1. The minimum Gasteiger partial charge on any atom is -0.460 e. The fraction of sp³-hybridized carbons (Fsp3) is 0.857. The van der Waals surface area contributed by atoms with Crippen molar-refractivity contribution < 1.29 is 23.9 Å². The van der Waals surface area contributed by atoms with Crippen molar-refractivity contribution in [1.29, 1.82) is 0 Å². The predicted molar refractivity (Wildman–Crippen MR) is 80.0 cm³/mol. The number of aliphatic hydroxyl groups excluding tert-OH is 1. The lowest BCUT2D eigenvalue weighted by molar-refractivity contribution is -0.149. The Balaban J connectivity index is 4.80. The summed E-state index contributed by atoms with van der Waals surface area (Å²) in [6, 6.07) is 0. The van der Waals surface area contributed by atoms with Gasteiger partial charge in [-0.25, -0.2) is 0 Å². The fourth-order valence-corrected chi connectivity index (χ4v) is 2.96. The van der Waals surface area contributed by atoms with E-state index in [0.717, 1.165) is 6.29 Å². The minimum absolute atomic E-state index is 0.0320. The molecular formula is C14H28O5Si. The molecule has 0 aliphatic carbocycles. The molecule has 2 atom stereocenters. The summed E-state index contributed by atoms with van der Waals surface area (Å²) in [5, 5.41) is 9.27. The molecule has 6 heteroatoms. The Morgan fingerprint density at radius 2 is 1.85 bits per heavy atom. The molecule has 0 rings (SSSR count). The van der Waals surface area contributed by atoms with E-state index in [2.05, 4.69) is 33.9 Å². The Bertz CT molecular complexity index is 322. The topological polar surface area (TPSA) is 72.8 Å². The van der Waals surface area contributed by atoms with Crippen LogP contribution in [0.4, 0.5) is 0 Å². The quantitative estimate of drug-likeness (QED) is 0.423. The molecule has 0 aromatic heterocycles. The highest BCUT2D eigenvalue weighted by atomic mass is 28.4. The number of aliphatic hydroxyl groups is 1. The number of aldehydes is 1. The van der Waals surface area contributed by atoms with Crippen molar-refractivity contribution in [3.63, 3.8) is 0 Å². The maximum absolute atomic E-state index is 11.0. The number of hydrogen-bond donors (Lipinski definition) is 1. The number of rotatable bonds is 8. The van der Waals surface area contributed by atoms with Crippen molar-refractivity contribution in [1.82, 2.24) is 0 Å². The first-order valence-corrected chi connectivity index (χ1v) is 9.84.